The van der Waals surface area contributed by atoms with Crippen molar-refractivity contribution in [3.05, 3.63) is 64.7 Å². The van der Waals surface area contributed by atoms with E-state index >= 15 is 0 Å². The highest BCUT2D eigenvalue weighted by Gasteiger charge is 2.14. The van der Waals surface area contributed by atoms with Gasteiger partial charge in [0.1, 0.15) is 23.2 Å². The van der Waals surface area contributed by atoms with Crippen LogP contribution >= 0.6 is 0 Å². The van der Waals surface area contributed by atoms with Crippen LogP contribution in [0.4, 0.5) is 0 Å². The number of ether oxygens (including phenoxy) is 1. The number of methoxy groups -OCH3 is 1. The fourth-order valence-electron chi connectivity index (χ4n) is 2.18. The smallest absolute Gasteiger partial charge is 0.269 e. The molecular weight excluding hydrogens is 292 g/mol. The van der Waals surface area contributed by atoms with Crippen LogP contribution in [0.25, 0.3) is 22.6 Å². The number of nitriles is 1. The van der Waals surface area contributed by atoms with Crippen molar-refractivity contribution in [3.8, 4) is 34.5 Å². The highest BCUT2D eigenvalue weighted by Crippen LogP contribution is 2.24. The minimum absolute atomic E-state index is 0.0204. The van der Waals surface area contributed by atoms with Gasteiger partial charge in [-0.3, -0.25) is 9.78 Å². The Morgan fingerprint density at radius 2 is 1.78 bits per heavy atom. The summed E-state index contributed by atoms with van der Waals surface area (Å²) in [6, 6.07) is 12.4. The number of benzene rings is 1. The molecule has 0 aliphatic carbocycles. The van der Waals surface area contributed by atoms with E-state index in [0.29, 0.717) is 22.8 Å². The molecule has 0 fully saturated rings. The van der Waals surface area contributed by atoms with Crippen LogP contribution in [0.2, 0.25) is 0 Å². The average molecular weight is 304 g/mol. The van der Waals surface area contributed by atoms with E-state index in [1.54, 1.807) is 55.9 Å². The van der Waals surface area contributed by atoms with Crippen LogP contribution in [-0.4, -0.2) is 22.1 Å². The maximum Gasteiger partial charge on any atom is 0.269 e. The standard InChI is InChI=1S/C17H12N4O2/c1-23-13-4-2-11(3-5-13)15-14(10-18)17(22)21-16(20-15)12-6-8-19-9-7-12/h2-9H,1H3,(H,20,21,22). The topological polar surface area (TPSA) is 91.7 Å². The monoisotopic (exact) mass is 304 g/mol. The third-order valence-electron chi connectivity index (χ3n) is 3.35. The first-order chi connectivity index (χ1) is 11.2. The van der Waals surface area contributed by atoms with Crippen LogP contribution in [-0.2, 0) is 0 Å². The Morgan fingerprint density at radius 3 is 2.39 bits per heavy atom. The molecule has 1 N–H and O–H groups in total. The fraction of sp³-hybridized carbons (Fsp3) is 0.0588. The van der Waals surface area contributed by atoms with Gasteiger partial charge in [-0.05, 0) is 36.4 Å². The van der Waals surface area contributed by atoms with Crippen molar-refractivity contribution in [2.24, 2.45) is 0 Å². The quantitative estimate of drug-likeness (QED) is 0.802. The molecule has 0 saturated heterocycles. The average Bonchev–Trinajstić information content (AvgIpc) is 2.62. The second kappa shape index (κ2) is 6.12. The van der Waals surface area contributed by atoms with E-state index in [0.717, 1.165) is 5.56 Å². The number of nitrogens with zero attached hydrogens (tertiary/aromatic N) is 3. The van der Waals surface area contributed by atoms with E-state index in [1.807, 2.05) is 6.07 Å². The number of nitrogens with one attached hydrogen (secondary N) is 1. The van der Waals surface area contributed by atoms with Crippen molar-refractivity contribution in [1.29, 1.82) is 5.26 Å². The lowest BCUT2D eigenvalue weighted by atomic mass is 10.1. The van der Waals surface area contributed by atoms with Crippen LogP contribution < -0.4 is 10.3 Å². The Labute approximate surface area is 132 Å². The summed E-state index contributed by atoms with van der Waals surface area (Å²) in [7, 11) is 1.57. The van der Waals surface area contributed by atoms with Gasteiger partial charge in [-0.15, -0.1) is 0 Å². The first kappa shape index (κ1) is 14.5. The number of rotatable bonds is 3. The molecule has 0 aliphatic heterocycles. The zero-order valence-electron chi connectivity index (χ0n) is 12.3. The number of pyridine rings is 1. The Kier molecular flexibility index (Phi) is 3.85. The molecule has 2 heterocycles. The van der Waals surface area contributed by atoms with Crippen LogP contribution in [0.1, 0.15) is 5.56 Å². The summed E-state index contributed by atoms with van der Waals surface area (Å²) in [4.78, 5) is 23.2. The SMILES string of the molecule is COc1ccc(-c2nc(-c3ccncc3)[nH]c(=O)c2C#N)cc1. The van der Waals surface area contributed by atoms with E-state index < -0.39 is 5.56 Å². The maximum atomic E-state index is 12.2. The van der Waals surface area contributed by atoms with Gasteiger partial charge in [0.25, 0.3) is 5.56 Å². The molecule has 3 aromatic rings. The molecule has 2 aromatic heterocycles. The summed E-state index contributed by atoms with van der Waals surface area (Å²) in [6.07, 6.45) is 3.22. The number of aromatic nitrogens is 3. The van der Waals surface area contributed by atoms with E-state index in [2.05, 4.69) is 15.0 Å². The summed E-state index contributed by atoms with van der Waals surface area (Å²) in [5.41, 5.74) is 1.24. The number of hydrogen-bond acceptors (Lipinski definition) is 5. The van der Waals surface area contributed by atoms with Crippen molar-refractivity contribution in [2.45, 2.75) is 0 Å². The number of hydrogen-bond donors (Lipinski definition) is 1. The van der Waals surface area contributed by atoms with Crippen molar-refractivity contribution in [2.75, 3.05) is 7.11 Å². The Bertz CT molecular complexity index is 926. The first-order valence-corrected chi connectivity index (χ1v) is 6.82. The molecule has 0 spiro atoms. The molecule has 112 valence electrons. The molecule has 6 nitrogen and oxygen atoms in total. The second-order valence-electron chi connectivity index (χ2n) is 4.71. The van der Waals surface area contributed by atoms with E-state index in [-0.39, 0.29) is 5.56 Å². The van der Waals surface area contributed by atoms with Gasteiger partial charge >= 0.3 is 0 Å². The molecule has 0 unspecified atom stereocenters. The number of aromatic amines is 1. The molecule has 0 radical (unpaired) electrons. The molecule has 0 atom stereocenters. The molecule has 0 amide bonds. The van der Waals surface area contributed by atoms with Crippen molar-refractivity contribution in [3.63, 3.8) is 0 Å². The van der Waals surface area contributed by atoms with Gasteiger partial charge < -0.3 is 9.72 Å². The predicted molar refractivity (Wildman–Crippen MR) is 84.8 cm³/mol. The van der Waals surface area contributed by atoms with Gasteiger partial charge in [0, 0.05) is 23.5 Å². The lowest BCUT2D eigenvalue weighted by Gasteiger charge is -2.07. The highest BCUT2D eigenvalue weighted by molar-refractivity contribution is 5.69. The predicted octanol–water partition coefficient (Wildman–Crippen LogP) is 2.38. The summed E-state index contributed by atoms with van der Waals surface area (Å²) >= 11 is 0. The molecule has 1 aromatic carbocycles. The van der Waals surface area contributed by atoms with Gasteiger partial charge in [-0.1, -0.05) is 0 Å². The van der Waals surface area contributed by atoms with E-state index in [1.165, 1.54) is 0 Å². The lowest BCUT2D eigenvalue weighted by Crippen LogP contribution is -2.15. The number of H-pyrrole nitrogens is 1. The summed E-state index contributed by atoms with van der Waals surface area (Å²) in [6.45, 7) is 0. The van der Waals surface area contributed by atoms with Crippen LogP contribution in [0.15, 0.2) is 53.6 Å². The fourth-order valence-corrected chi connectivity index (χ4v) is 2.18. The van der Waals surface area contributed by atoms with Crippen molar-refractivity contribution in [1.82, 2.24) is 15.0 Å². The van der Waals surface area contributed by atoms with Gasteiger partial charge in [0.15, 0.2) is 0 Å². The van der Waals surface area contributed by atoms with Crippen LogP contribution in [0, 0.1) is 11.3 Å². The largest absolute Gasteiger partial charge is 0.497 e. The minimum atomic E-state index is -0.472. The van der Waals surface area contributed by atoms with Gasteiger partial charge in [-0.25, -0.2) is 4.98 Å². The molecule has 0 saturated carbocycles. The van der Waals surface area contributed by atoms with Crippen LogP contribution in [0.3, 0.4) is 0 Å². The third kappa shape index (κ3) is 2.80. The summed E-state index contributed by atoms with van der Waals surface area (Å²) in [5, 5.41) is 9.28. The molecular formula is C17H12N4O2. The summed E-state index contributed by atoms with van der Waals surface area (Å²) in [5.74, 6) is 1.08. The Hall–Kier alpha value is -3.46. The maximum absolute atomic E-state index is 12.2. The minimum Gasteiger partial charge on any atom is -0.497 e. The Morgan fingerprint density at radius 1 is 1.09 bits per heavy atom. The normalized spacial score (nSPS) is 10.1. The lowest BCUT2D eigenvalue weighted by molar-refractivity contribution is 0.415. The molecule has 23 heavy (non-hydrogen) atoms. The third-order valence-corrected chi connectivity index (χ3v) is 3.35. The van der Waals surface area contributed by atoms with E-state index in [4.69, 9.17) is 4.74 Å². The van der Waals surface area contributed by atoms with Crippen LogP contribution in [0.5, 0.6) is 5.75 Å². The zero-order valence-corrected chi connectivity index (χ0v) is 12.3. The Balaban J connectivity index is 2.20. The van der Waals surface area contributed by atoms with E-state index in [9.17, 15) is 10.1 Å². The molecule has 3 rings (SSSR count). The van der Waals surface area contributed by atoms with Gasteiger partial charge in [0.2, 0.25) is 0 Å². The summed E-state index contributed by atoms with van der Waals surface area (Å²) < 4.78 is 5.12. The zero-order chi connectivity index (χ0) is 16.2. The molecule has 0 bridgehead atoms. The molecule has 6 heteroatoms. The highest BCUT2D eigenvalue weighted by atomic mass is 16.5. The second-order valence-corrected chi connectivity index (χ2v) is 4.71. The molecule has 0 aliphatic rings. The van der Waals surface area contributed by atoms with Gasteiger partial charge in [0.05, 0.1) is 12.8 Å². The van der Waals surface area contributed by atoms with Crippen molar-refractivity contribution >= 4 is 0 Å². The van der Waals surface area contributed by atoms with Gasteiger partial charge in [-0.2, -0.15) is 5.26 Å². The first-order valence-electron chi connectivity index (χ1n) is 6.82. The van der Waals surface area contributed by atoms with Crippen molar-refractivity contribution < 1.29 is 4.74 Å².